The minimum Gasteiger partial charge on any atom is -0.480 e. The Kier molecular flexibility index (Phi) is 19.0. The monoisotopic (exact) mass is 611 g/mol. The summed E-state index contributed by atoms with van der Waals surface area (Å²) in [5, 5.41) is 25.3. The van der Waals surface area contributed by atoms with Crippen molar-refractivity contribution in [3.05, 3.63) is 34.9 Å². The molecule has 0 unspecified atom stereocenters. The predicted octanol–water partition coefficient (Wildman–Crippen LogP) is 4.58. The summed E-state index contributed by atoms with van der Waals surface area (Å²) >= 11 is 1.40. The van der Waals surface area contributed by atoms with Crippen molar-refractivity contribution in [2.75, 3.05) is 18.1 Å². The Bertz CT molecular complexity index is 1010. The number of alkyl carbamates (subject to hydrolysis) is 1. The van der Waals surface area contributed by atoms with E-state index in [9.17, 15) is 29.1 Å². The molecule has 0 rings (SSSR count). The molecule has 3 amide bonds. The summed E-state index contributed by atoms with van der Waals surface area (Å²) in [4.78, 5) is 59.5. The number of rotatable bonds is 19. The third kappa shape index (κ3) is 21.5. The molecule has 0 saturated heterocycles. The van der Waals surface area contributed by atoms with Gasteiger partial charge in [-0.15, -0.1) is 0 Å². The zero-order valence-electron chi connectivity index (χ0n) is 26.0. The summed E-state index contributed by atoms with van der Waals surface area (Å²) in [6, 6.07) is -2.40. The first-order valence-electron chi connectivity index (χ1n) is 14.0. The highest BCUT2D eigenvalue weighted by Gasteiger charge is 2.26. The van der Waals surface area contributed by atoms with Gasteiger partial charge >= 0.3 is 18.0 Å². The largest absolute Gasteiger partial charge is 0.480 e. The smallest absolute Gasteiger partial charge is 0.408 e. The maximum absolute atomic E-state index is 12.6. The number of thioether (sulfide) groups is 1. The van der Waals surface area contributed by atoms with Gasteiger partial charge in [-0.25, -0.2) is 9.59 Å². The van der Waals surface area contributed by atoms with Crippen molar-refractivity contribution in [1.82, 2.24) is 16.0 Å². The Hall–Kier alpha value is -3.28. The number of carboxylic acid groups (broad SMARTS) is 2. The summed E-state index contributed by atoms with van der Waals surface area (Å²) in [6.07, 6.45) is 9.01. The molecule has 0 bridgehead atoms. The van der Waals surface area contributed by atoms with Gasteiger partial charge in [0.2, 0.25) is 11.8 Å². The van der Waals surface area contributed by atoms with Crippen molar-refractivity contribution in [3.63, 3.8) is 0 Å². The first kappa shape index (κ1) is 38.7. The molecule has 0 aliphatic carbocycles. The fraction of sp³-hybridized carbons (Fsp3) is 0.633. The summed E-state index contributed by atoms with van der Waals surface area (Å²) in [7, 11) is 0. The van der Waals surface area contributed by atoms with Crippen LogP contribution in [0.1, 0.15) is 87.0 Å². The Balaban J connectivity index is 4.95. The van der Waals surface area contributed by atoms with E-state index in [2.05, 4.69) is 54.9 Å². The van der Waals surface area contributed by atoms with Gasteiger partial charge in [-0.3, -0.25) is 14.4 Å². The molecule has 0 radical (unpaired) electrons. The second-order valence-corrected chi connectivity index (χ2v) is 12.4. The number of amides is 3. The lowest BCUT2D eigenvalue weighted by molar-refractivity contribution is -0.140. The van der Waals surface area contributed by atoms with Crippen LogP contribution in [0.5, 0.6) is 0 Å². The average molecular weight is 612 g/mol. The summed E-state index contributed by atoms with van der Waals surface area (Å²) in [6.45, 7) is 12.7. The minimum absolute atomic E-state index is 0.183. The van der Waals surface area contributed by atoms with E-state index < -0.39 is 54.1 Å². The fourth-order valence-corrected chi connectivity index (χ4v) is 4.45. The number of allylic oxidation sites excluding steroid dienone is 5. The maximum Gasteiger partial charge on any atom is 0.408 e. The number of aliphatic carboxylic acids is 2. The normalized spacial score (nSPS) is 13.4. The molecule has 238 valence electrons. The Morgan fingerprint density at radius 3 is 1.98 bits per heavy atom. The molecular formula is C30H49N3O8S. The van der Waals surface area contributed by atoms with Crippen LogP contribution in [0.4, 0.5) is 4.79 Å². The molecule has 0 aliphatic rings. The standard InChI is InChI=1S/C30H49N3O8S/c1-20(2)10-8-11-21(3)12-9-13-22(4)16-17-42-19-24(27(37)31-18-26(35)36)32-25(34)15-14-23(28(38)39)33-29(40)41-30(5,6)7/h10,12,16,23-24H,8-9,11,13-15,17-19H2,1-7H3,(H,31,37)(H,32,34)(H,33,40)(H,35,36)(H,38,39)/t23-,24-/m0/s1. The minimum atomic E-state index is -1.37. The summed E-state index contributed by atoms with van der Waals surface area (Å²) in [5.41, 5.74) is 3.05. The molecule has 11 nitrogen and oxygen atoms in total. The van der Waals surface area contributed by atoms with Crippen LogP contribution < -0.4 is 16.0 Å². The molecule has 0 heterocycles. The van der Waals surface area contributed by atoms with E-state index in [0.717, 1.165) is 25.7 Å². The van der Waals surface area contributed by atoms with E-state index in [1.807, 2.05) is 6.92 Å². The lowest BCUT2D eigenvalue weighted by Crippen LogP contribution is -2.50. The molecule has 42 heavy (non-hydrogen) atoms. The topological polar surface area (TPSA) is 171 Å². The van der Waals surface area contributed by atoms with Gasteiger partial charge in [0, 0.05) is 17.9 Å². The number of hydrogen-bond donors (Lipinski definition) is 5. The number of carbonyl (C=O) groups is 5. The van der Waals surface area contributed by atoms with Crippen molar-refractivity contribution in [2.45, 2.75) is 105 Å². The van der Waals surface area contributed by atoms with Gasteiger partial charge in [0.1, 0.15) is 24.2 Å². The van der Waals surface area contributed by atoms with Crippen molar-refractivity contribution >= 4 is 41.6 Å². The number of hydrogen-bond acceptors (Lipinski definition) is 7. The van der Waals surface area contributed by atoms with Crippen LogP contribution in [0.2, 0.25) is 0 Å². The van der Waals surface area contributed by atoms with Gasteiger partial charge in [-0.2, -0.15) is 11.8 Å². The van der Waals surface area contributed by atoms with E-state index in [0.29, 0.717) is 5.75 Å². The SMILES string of the molecule is CC(C)=CCCC(C)=CCCC(C)=CCSC[C@H](NC(=O)CC[C@H](NC(=O)OC(C)(C)C)C(=O)O)C(=O)NCC(=O)O. The zero-order chi connectivity index (χ0) is 32.3. The first-order valence-corrected chi connectivity index (χ1v) is 15.2. The number of ether oxygens (including phenoxy) is 1. The van der Waals surface area contributed by atoms with Gasteiger partial charge < -0.3 is 30.9 Å². The quantitative estimate of drug-likeness (QED) is 0.104. The number of nitrogens with one attached hydrogen (secondary N) is 3. The van der Waals surface area contributed by atoms with E-state index in [4.69, 9.17) is 9.84 Å². The molecule has 12 heteroatoms. The average Bonchev–Trinajstić information content (AvgIpc) is 2.85. The van der Waals surface area contributed by atoms with E-state index >= 15 is 0 Å². The number of carboxylic acids is 2. The molecular weight excluding hydrogens is 562 g/mol. The fourth-order valence-electron chi connectivity index (χ4n) is 3.44. The van der Waals surface area contributed by atoms with Gasteiger partial charge in [-0.05, 0) is 80.6 Å². The van der Waals surface area contributed by atoms with Gasteiger partial charge in [-0.1, -0.05) is 34.9 Å². The van der Waals surface area contributed by atoms with Crippen LogP contribution in [0.15, 0.2) is 34.9 Å². The molecule has 0 aromatic rings. The second kappa shape index (κ2) is 20.6. The maximum atomic E-state index is 12.6. The second-order valence-electron chi connectivity index (χ2n) is 11.3. The third-order valence-electron chi connectivity index (χ3n) is 5.67. The van der Waals surface area contributed by atoms with Crippen molar-refractivity contribution in [2.24, 2.45) is 0 Å². The summed E-state index contributed by atoms with van der Waals surface area (Å²) < 4.78 is 5.07. The lowest BCUT2D eigenvalue weighted by Gasteiger charge is -2.22. The van der Waals surface area contributed by atoms with E-state index in [1.165, 1.54) is 28.5 Å². The van der Waals surface area contributed by atoms with Crippen LogP contribution in [0.3, 0.4) is 0 Å². The van der Waals surface area contributed by atoms with Crippen molar-refractivity contribution in [3.8, 4) is 0 Å². The lowest BCUT2D eigenvalue weighted by atomic mass is 10.1. The zero-order valence-corrected chi connectivity index (χ0v) is 26.8. The summed E-state index contributed by atoms with van der Waals surface area (Å²) in [5.74, 6) is -3.05. The van der Waals surface area contributed by atoms with Gasteiger partial charge in [0.15, 0.2) is 0 Å². The molecule has 0 saturated carbocycles. The predicted molar refractivity (Wildman–Crippen MR) is 165 cm³/mol. The highest BCUT2D eigenvalue weighted by molar-refractivity contribution is 7.99. The van der Waals surface area contributed by atoms with Crippen LogP contribution in [0.25, 0.3) is 0 Å². The molecule has 0 spiro atoms. The molecule has 0 aliphatic heterocycles. The Morgan fingerprint density at radius 1 is 0.833 bits per heavy atom. The first-order chi connectivity index (χ1) is 19.5. The highest BCUT2D eigenvalue weighted by atomic mass is 32.2. The molecule has 2 atom stereocenters. The van der Waals surface area contributed by atoms with Crippen LogP contribution in [0, 0.1) is 0 Å². The molecule has 0 aromatic carbocycles. The molecule has 0 fully saturated rings. The third-order valence-corrected chi connectivity index (χ3v) is 6.64. The Morgan fingerprint density at radius 2 is 1.43 bits per heavy atom. The van der Waals surface area contributed by atoms with Crippen LogP contribution in [-0.2, 0) is 23.9 Å². The molecule has 0 aromatic heterocycles. The van der Waals surface area contributed by atoms with E-state index in [1.54, 1.807) is 20.8 Å². The molecule has 5 N–H and O–H groups in total. The van der Waals surface area contributed by atoms with Crippen molar-refractivity contribution < 1.29 is 38.9 Å². The van der Waals surface area contributed by atoms with Crippen LogP contribution >= 0.6 is 11.8 Å². The van der Waals surface area contributed by atoms with Crippen molar-refractivity contribution in [1.29, 1.82) is 0 Å². The Labute approximate surface area is 254 Å². The van der Waals surface area contributed by atoms with Gasteiger partial charge in [0.25, 0.3) is 0 Å². The van der Waals surface area contributed by atoms with Crippen LogP contribution in [-0.4, -0.2) is 75.8 Å². The van der Waals surface area contributed by atoms with Gasteiger partial charge in [0.05, 0.1) is 0 Å². The highest BCUT2D eigenvalue weighted by Crippen LogP contribution is 2.13. The number of carbonyl (C=O) groups excluding carboxylic acids is 3. The van der Waals surface area contributed by atoms with E-state index in [-0.39, 0.29) is 18.6 Å².